The van der Waals surface area contributed by atoms with Crippen LogP contribution >= 0.6 is 34.8 Å². The molecule has 3 nitrogen and oxygen atoms in total. The van der Waals surface area contributed by atoms with Crippen LogP contribution in [0.3, 0.4) is 0 Å². The summed E-state index contributed by atoms with van der Waals surface area (Å²) in [5.41, 5.74) is 0. The second kappa shape index (κ2) is 4.01. The predicted molar refractivity (Wildman–Crippen MR) is 41.6 cm³/mol. The molecule has 11 heavy (non-hydrogen) atoms. The minimum Gasteiger partial charge on any atom is -0.480 e. The summed E-state index contributed by atoms with van der Waals surface area (Å²) in [7, 11) is 0. The third-order valence-electron chi connectivity index (χ3n) is 0.890. The minimum atomic E-state index is -1.68. The van der Waals surface area contributed by atoms with E-state index < -0.39 is 15.7 Å². The van der Waals surface area contributed by atoms with E-state index in [4.69, 9.17) is 45.2 Å². The van der Waals surface area contributed by atoms with Crippen molar-refractivity contribution in [3.8, 4) is 6.07 Å². The van der Waals surface area contributed by atoms with Gasteiger partial charge in [0.25, 0.3) is 0 Å². The highest BCUT2D eigenvalue weighted by Crippen LogP contribution is 2.33. The number of nitriles is 1. The first-order chi connectivity index (χ1) is 4.87. The molecule has 0 heterocycles. The van der Waals surface area contributed by atoms with E-state index in [0.717, 1.165) is 0 Å². The quantitative estimate of drug-likeness (QED) is 0.718. The molecular formula is C5H4Cl3NO2. The van der Waals surface area contributed by atoms with Crippen molar-refractivity contribution in [1.82, 2.24) is 0 Å². The van der Waals surface area contributed by atoms with Crippen molar-refractivity contribution in [3.63, 3.8) is 0 Å². The van der Waals surface area contributed by atoms with Gasteiger partial charge in [0.05, 0.1) is 6.07 Å². The van der Waals surface area contributed by atoms with Gasteiger partial charge in [-0.25, -0.2) is 0 Å². The van der Waals surface area contributed by atoms with Gasteiger partial charge in [0.15, 0.2) is 3.79 Å². The van der Waals surface area contributed by atoms with Crippen molar-refractivity contribution in [1.29, 1.82) is 5.26 Å². The molecule has 0 aromatic heterocycles. The molecule has 0 aromatic carbocycles. The smallest absolute Gasteiger partial charge is 0.321 e. The van der Waals surface area contributed by atoms with E-state index in [1.165, 1.54) is 6.07 Å². The van der Waals surface area contributed by atoms with Crippen LogP contribution in [0.5, 0.6) is 0 Å². The summed E-state index contributed by atoms with van der Waals surface area (Å²) in [6, 6.07) is 1.51. The number of hydrogen-bond donors (Lipinski definition) is 1. The number of carboxylic acid groups (broad SMARTS) is 1. The summed E-state index contributed by atoms with van der Waals surface area (Å²) < 4.78 is -1.68. The normalized spacial score (nSPS) is 13.6. The fourth-order valence-corrected chi connectivity index (χ4v) is 0.883. The third kappa shape index (κ3) is 5.14. The average Bonchev–Trinajstić information content (AvgIpc) is 1.80. The molecule has 0 saturated heterocycles. The fraction of sp³-hybridized carbons (Fsp3) is 0.600. The Morgan fingerprint density at radius 1 is 1.64 bits per heavy atom. The zero-order valence-corrected chi connectivity index (χ0v) is 7.49. The molecule has 0 spiro atoms. The summed E-state index contributed by atoms with van der Waals surface area (Å²) in [4.78, 5) is 10.2. The van der Waals surface area contributed by atoms with Gasteiger partial charge in [0, 0.05) is 6.42 Å². The summed E-state index contributed by atoms with van der Waals surface area (Å²) in [6.07, 6.45) is -0.302. The van der Waals surface area contributed by atoms with Crippen LogP contribution in [-0.2, 0) is 4.79 Å². The molecule has 0 aliphatic carbocycles. The molecule has 0 aromatic rings. The molecule has 1 N–H and O–H groups in total. The van der Waals surface area contributed by atoms with Crippen LogP contribution in [0.1, 0.15) is 6.42 Å². The van der Waals surface area contributed by atoms with E-state index in [1.807, 2.05) is 0 Å². The summed E-state index contributed by atoms with van der Waals surface area (Å²) in [5, 5.41) is 16.6. The second-order valence-corrected chi connectivity index (χ2v) is 4.36. The van der Waals surface area contributed by atoms with Crippen molar-refractivity contribution < 1.29 is 9.90 Å². The second-order valence-electron chi connectivity index (χ2n) is 1.84. The molecular weight excluding hydrogens is 212 g/mol. The van der Waals surface area contributed by atoms with Crippen LogP contribution in [-0.4, -0.2) is 14.9 Å². The van der Waals surface area contributed by atoms with Crippen molar-refractivity contribution in [3.05, 3.63) is 0 Å². The summed E-state index contributed by atoms with van der Waals surface area (Å²) >= 11 is 15.8. The SMILES string of the molecule is N#CC(CC(Cl)(Cl)Cl)C(=O)O. The van der Waals surface area contributed by atoms with Crippen molar-refractivity contribution in [2.24, 2.45) is 5.92 Å². The Balaban J connectivity index is 4.13. The van der Waals surface area contributed by atoms with Gasteiger partial charge >= 0.3 is 5.97 Å². The van der Waals surface area contributed by atoms with Gasteiger partial charge in [-0.05, 0) is 0 Å². The lowest BCUT2D eigenvalue weighted by atomic mass is 10.1. The highest BCUT2D eigenvalue weighted by molar-refractivity contribution is 6.67. The Morgan fingerprint density at radius 2 is 2.09 bits per heavy atom. The first kappa shape index (κ1) is 10.8. The van der Waals surface area contributed by atoms with E-state index in [9.17, 15) is 4.79 Å². The van der Waals surface area contributed by atoms with Crippen LogP contribution < -0.4 is 0 Å². The molecule has 0 aliphatic rings. The lowest BCUT2D eigenvalue weighted by Gasteiger charge is -2.11. The monoisotopic (exact) mass is 215 g/mol. The number of rotatable bonds is 2. The lowest BCUT2D eigenvalue weighted by molar-refractivity contribution is -0.139. The van der Waals surface area contributed by atoms with E-state index in [2.05, 4.69) is 0 Å². The molecule has 62 valence electrons. The first-order valence-electron chi connectivity index (χ1n) is 2.56. The number of hydrogen-bond acceptors (Lipinski definition) is 2. The lowest BCUT2D eigenvalue weighted by Crippen LogP contribution is -2.18. The summed E-state index contributed by atoms with van der Waals surface area (Å²) in [6.45, 7) is 0. The number of carboxylic acids is 1. The largest absolute Gasteiger partial charge is 0.480 e. The highest BCUT2D eigenvalue weighted by Gasteiger charge is 2.29. The Morgan fingerprint density at radius 3 is 2.18 bits per heavy atom. The average molecular weight is 216 g/mol. The summed E-state index contributed by atoms with van der Waals surface area (Å²) in [5.74, 6) is -2.54. The molecule has 0 radical (unpaired) electrons. The van der Waals surface area contributed by atoms with Gasteiger partial charge < -0.3 is 5.11 Å². The first-order valence-corrected chi connectivity index (χ1v) is 3.69. The maximum Gasteiger partial charge on any atom is 0.321 e. The van der Waals surface area contributed by atoms with Crippen LogP contribution in [0.15, 0.2) is 0 Å². The molecule has 1 atom stereocenters. The molecule has 0 rings (SSSR count). The molecule has 1 unspecified atom stereocenters. The van der Waals surface area contributed by atoms with Gasteiger partial charge in [0.1, 0.15) is 5.92 Å². The van der Waals surface area contributed by atoms with E-state index in [1.54, 1.807) is 0 Å². The van der Waals surface area contributed by atoms with Crippen LogP contribution in [0, 0.1) is 17.2 Å². The van der Waals surface area contributed by atoms with Crippen molar-refractivity contribution >= 4 is 40.8 Å². The van der Waals surface area contributed by atoms with Gasteiger partial charge in [-0.15, -0.1) is 0 Å². The predicted octanol–water partition coefficient (Wildman–Crippen LogP) is 1.97. The number of nitrogens with zero attached hydrogens (tertiary/aromatic N) is 1. The number of carbonyl (C=O) groups is 1. The van der Waals surface area contributed by atoms with Crippen LogP contribution in [0.2, 0.25) is 0 Å². The molecule has 6 heteroatoms. The van der Waals surface area contributed by atoms with Gasteiger partial charge in [-0.3, -0.25) is 4.79 Å². The zero-order valence-electron chi connectivity index (χ0n) is 5.22. The topological polar surface area (TPSA) is 61.1 Å². The van der Waals surface area contributed by atoms with Crippen molar-refractivity contribution in [2.75, 3.05) is 0 Å². The number of halogens is 3. The van der Waals surface area contributed by atoms with Crippen LogP contribution in [0.4, 0.5) is 0 Å². The number of alkyl halides is 3. The molecule has 0 bridgehead atoms. The fourth-order valence-electron chi connectivity index (χ4n) is 0.420. The molecule has 0 saturated carbocycles. The standard InChI is InChI=1S/C5H4Cl3NO2/c6-5(7,8)1-3(2-9)4(10)11/h3H,1H2,(H,10,11). The maximum absolute atomic E-state index is 10.2. The van der Waals surface area contributed by atoms with Crippen LogP contribution in [0.25, 0.3) is 0 Å². The Kier molecular flexibility index (Phi) is 3.95. The van der Waals surface area contributed by atoms with E-state index in [-0.39, 0.29) is 6.42 Å². The third-order valence-corrected chi connectivity index (χ3v) is 1.35. The molecule has 0 amide bonds. The van der Waals surface area contributed by atoms with Gasteiger partial charge in [0.2, 0.25) is 0 Å². The Bertz CT molecular complexity index is 193. The maximum atomic E-state index is 10.2. The molecule has 0 aliphatic heterocycles. The highest BCUT2D eigenvalue weighted by atomic mass is 35.6. The van der Waals surface area contributed by atoms with E-state index >= 15 is 0 Å². The Hall–Kier alpha value is -0.170. The minimum absolute atomic E-state index is 0.302. The van der Waals surface area contributed by atoms with Gasteiger partial charge in [-0.2, -0.15) is 5.26 Å². The van der Waals surface area contributed by atoms with Gasteiger partial charge in [-0.1, -0.05) is 34.8 Å². The zero-order chi connectivity index (χ0) is 9.07. The molecule has 0 fully saturated rings. The van der Waals surface area contributed by atoms with E-state index in [0.29, 0.717) is 0 Å². The Labute approximate surface area is 78.5 Å². The number of aliphatic carboxylic acids is 1. The van der Waals surface area contributed by atoms with Crippen molar-refractivity contribution in [2.45, 2.75) is 10.2 Å².